The third kappa shape index (κ3) is 6.28. The molecule has 0 aliphatic rings. The van der Waals surface area contributed by atoms with Gasteiger partial charge in [0, 0.05) is 10.9 Å². The smallest absolute Gasteiger partial charge is 0.272 e. The number of amides is 2. The Bertz CT molecular complexity index is 1550. The van der Waals surface area contributed by atoms with Crippen molar-refractivity contribution in [3.8, 4) is 0 Å². The number of rotatable bonds is 8. The van der Waals surface area contributed by atoms with Gasteiger partial charge in [-0.3, -0.25) is 14.4 Å². The minimum absolute atomic E-state index is 0.203. The molecular weight excluding hydrogens is 478 g/mol. The molecule has 0 aliphatic carbocycles. The summed E-state index contributed by atoms with van der Waals surface area (Å²) in [6.45, 7) is 6.16. The van der Waals surface area contributed by atoms with Crippen LogP contribution in [-0.4, -0.2) is 28.2 Å². The molecule has 1 aromatic heterocycles. The van der Waals surface area contributed by atoms with Crippen LogP contribution in [0.5, 0.6) is 0 Å². The highest BCUT2D eigenvalue weighted by Crippen LogP contribution is 2.21. The molecule has 4 rings (SSSR count). The summed E-state index contributed by atoms with van der Waals surface area (Å²) in [4.78, 5) is 38.5. The highest BCUT2D eigenvalue weighted by Gasteiger charge is 2.27. The van der Waals surface area contributed by atoms with Gasteiger partial charge in [0.25, 0.3) is 17.4 Å². The van der Waals surface area contributed by atoms with Gasteiger partial charge < -0.3 is 5.32 Å². The Balaban J connectivity index is 1.58. The second-order valence-corrected chi connectivity index (χ2v) is 9.20. The maximum Gasteiger partial charge on any atom is 0.272 e. The molecule has 38 heavy (non-hydrogen) atoms. The van der Waals surface area contributed by atoms with Crippen LogP contribution in [0.2, 0.25) is 0 Å². The molecule has 1 atom stereocenters. The summed E-state index contributed by atoms with van der Waals surface area (Å²) in [5, 5.41) is 14.2. The van der Waals surface area contributed by atoms with E-state index >= 15 is 0 Å². The summed E-state index contributed by atoms with van der Waals surface area (Å²) in [6, 6.07) is 22.3. The summed E-state index contributed by atoms with van der Waals surface area (Å²) in [5.74, 6) is -0.618. The van der Waals surface area contributed by atoms with Crippen molar-refractivity contribution in [3.63, 3.8) is 0 Å². The highest BCUT2D eigenvalue weighted by atomic mass is 16.2. The van der Waals surface area contributed by atoms with E-state index in [-0.39, 0.29) is 5.69 Å². The van der Waals surface area contributed by atoms with Crippen LogP contribution in [0, 0.1) is 0 Å². The first kappa shape index (κ1) is 26.2. The molecular formula is C30H29N5O3. The molecule has 0 bridgehead atoms. The lowest BCUT2D eigenvalue weighted by Crippen LogP contribution is -2.40. The van der Waals surface area contributed by atoms with E-state index in [4.69, 9.17) is 0 Å². The van der Waals surface area contributed by atoms with Crippen molar-refractivity contribution in [2.75, 3.05) is 0 Å². The van der Waals surface area contributed by atoms with Gasteiger partial charge in [0.2, 0.25) is 0 Å². The molecule has 0 saturated carbocycles. The van der Waals surface area contributed by atoms with E-state index in [1.165, 1.54) is 11.8 Å². The molecule has 192 valence electrons. The maximum atomic E-state index is 13.3. The molecule has 8 nitrogen and oxygen atoms in total. The topological polar surface area (TPSA) is 116 Å². The Hall–Kier alpha value is -4.85. The standard InChI is InChI=1S/C30H29N5O3/c1-19(2)22-15-13-21(14-16-22)17-20(3)18-31-34-30(38)27(32-28(36)23-9-5-4-6-10-23)26-24-11-7-8-12-25(24)29(37)35-33-26/h4-19,27H,1-3H3,(H,32,36)(H,34,38)(H,35,37)/b20-17-,31-18-/t27-/m1/s1. The van der Waals surface area contributed by atoms with E-state index in [0.717, 1.165) is 11.1 Å². The number of hydrazone groups is 1. The number of carbonyl (C=O) groups excluding carboxylic acids is 2. The molecule has 1 heterocycles. The number of benzene rings is 3. The number of allylic oxidation sites excluding steroid dienone is 1. The molecule has 0 saturated heterocycles. The maximum absolute atomic E-state index is 13.3. The molecule has 4 aromatic rings. The molecule has 3 aromatic carbocycles. The van der Waals surface area contributed by atoms with Gasteiger partial charge in [-0.25, -0.2) is 10.5 Å². The monoisotopic (exact) mass is 507 g/mol. The normalized spacial score (nSPS) is 12.6. The summed E-state index contributed by atoms with van der Waals surface area (Å²) < 4.78 is 0. The Kier molecular flexibility index (Phi) is 8.23. The van der Waals surface area contributed by atoms with Crippen LogP contribution < -0.4 is 16.3 Å². The zero-order valence-electron chi connectivity index (χ0n) is 21.4. The quantitative estimate of drug-likeness (QED) is 0.236. The van der Waals surface area contributed by atoms with Crippen LogP contribution >= 0.6 is 0 Å². The fraction of sp³-hybridized carbons (Fsp3) is 0.167. The van der Waals surface area contributed by atoms with Gasteiger partial charge in [0.15, 0.2) is 6.04 Å². The molecule has 0 aliphatic heterocycles. The van der Waals surface area contributed by atoms with Gasteiger partial charge in [-0.1, -0.05) is 80.6 Å². The fourth-order valence-corrected chi connectivity index (χ4v) is 3.96. The van der Waals surface area contributed by atoms with Crippen LogP contribution in [0.3, 0.4) is 0 Å². The minimum atomic E-state index is -1.21. The fourth-order valence-electron chi connectivity index (χ4n) is 3.96. The number of aromatic nitrogens is 2. The molecule has 0 unspecified atom stereocenters. The third-order valence-electron chi connectivity index (χ3n) is 6.01. The van der Waals surface area contributed by atoms with E-state index in [1.54, 1.807) is 54.6 Å². The van der Waals surface area contributed by atoms with Crippen LogP contribution in [0.25, 0.3) is 16.8 Å². The number of carbonyl (C=O) groups is 2. The number of hydrogen-bond acceptors (Lipinski definition) is 5. The van der Waals surface area contributed by atoms with E-state index < -0.39 is 23.4 Å². The number of nitrogens with zero attached hydrogens (tertiary/aromatic N) is 2. The first-order chi connectivity index (χ1) is 18.3. The van der Waals surface area contributed by atoms with Crippen molar-refractivity contribution < 1.29 is 9.59 Å². The van der Waals surface area contributed by atoms with Crippen molar-refractivity contribution in [1.29, 1.82) is 0 Å². The summed E-state index contributed by atoms with van der Waals surface area (Å²) >= 11 is 0. The predicted octanol–water partition coefficient (Wildman–Crippen LogP) is 4.72. The zero-order valence-corrected chi connectivity index (χ0v) is 21.4. The van der Waals surface area contributed by atoms with E-state index in [0.29, 0.717) is 22.3 Å². The van der Waals surface area contributed by atoms with Gasteiger partial charge in [0.05, 0.1) is 11.6 Å². The average Bonchev–Trinajstić information content (AvgIpc) is 2.93. The Morgan fingerprint density at radius 3 is 2.26 bits per heavy atom. The number of fused-ring (bicyclic) bond motifs is 1. The van der Waals surface area contributed by atoms with Crippen LogP contribution in [0.4, 0.5) is 0 Å². The zero-order chi connectivity index (χ0) is 27.1. The third-order valence-corrected chi connectivity index (χ3v) is 6.01. The van der Waals surface area contributed by atoms with E-state index in [9.17, 15) is 14.4 Å². The first-order valence-corrected chi connectivity index (χ1v) is 12.3. The SMILES string of the molecule is CC(/C=N\NC(=O)[C@H](NC(=O)c1ccccc1)c1n[nH]c(=O)c2ccccc12)=C/c1ccc(C(C)C)cc1. The van der Waals surface area contributed by atoms with E-state index in [1.807, 2.05) is 25.1 Å². The van der Waals surface area contributed by atoms with Crippen molar-refractivity contribution in [1.82, 2.24) is 20.9 Å². The minimum Gasteiger partial charge on any atom is -0.335 e. The second kappa shape index (κ2) is 11.9. The molecule has 8 heteroatoms. The molecule has 0 radical (unpaired) electrons. The van der Waals surface area contributed by atoms with Crippen molar-refractivity contribution in [2.45, 2.75) is 32.7 Å². The lowest BCUT2D eigenvalue weighted by atomic mass is 10.0. The molecule has 0 fully saturated rings. The largest absolute Gasteiger partial charge is 0.335 e. The Morgan fingerprint density at radius 1 is 0.921 bits per heavy atom. The van der Waals surface area contributed by atoms with Crippen LogP contribution in [0.1, 0.15) is 59.9 Å². The summed E-state index contributed by atoms with van der Waals surface area (Å²) in [7, 11) is 0. The Labute approximate surface area is 220 Å². The highest BCUT2D eigenvalue weighted by molar-refractivity contribution is 5.99. The number of H-pyrrole nitrogens is 1. The predicted molar refractivity (Wildman–Crippen MR) is 150 cm³/mol. The number of hydrogen-bond donors (Lipinski definition) is 3. The lowest BCUT2D eigenvalue weighted by Gasteiger charge is -2.18. The van der Waals surface area contributed by atoms with Crippen molar-refractivity contribution in [2.24, 2.45) is 5.10 Å². The summed E-state index contributed by atoms with van der Waals surface area (Å²) in [5.41, 5.74) is 5.79. The molecule has 2 amide bonds. The molecule has 3 N–H and O–H groups in total. The average molecular weight is 508 g/mol. The number of nitrogens with one attached hydrogen (secondary N) is 3. The van der Waals surface area contributed by atoms with Gasteiger partial charge in [-0.2, -0.15) is 10.2 Å². The van der Waals surface area contributed by atoms with E-state index in [2.05, 4.69) is 52.0 Å². The number of aromatic amines is 1. The second-order valence-electron chi connectivity index (χ2n) is 9.20. The summed E-state index contributed by atoms with van der Waals surface area (Å²) in [6.07, 6.45) is 3.48. The van der Waals surface area contributed by atoms with Crippen molar-refractivity contribution in [3.05, 3.63) is 117 Å². The van der Waals surface area contributed by atoms with Gasteiger partial charge >= 0.3 is 0 Å². The van der Waals surface area contributed by atoms with Crippen LogP contribution in [0.15, 0.2) is 94.3 Å². The first-order valence-electron chi connectivity index (χ1n) is 12.3. The van der Waals surface area contributed by atoms with Crippen molar-refractivity contribution >= 4 is 34.9 Å². The van der Waals surface area contributed by atoms with Gasteiger partial charge in [0.1, 0.15) is 5.69 Å². The lowest BCUT2D eigenvalue weighted by molar-refractivity contribution is -0.123. The van der Waals surface area contributed by atoms with Gasteiger partial charge in [-0.15, -0.1) is 0 Å². The Morgan fingerprint density at radius 2 is 1.58 bits per heavy atom. The van der Waals surface area contributed by atoms with Crippen LogP contribution in [-0.2, 0) is 4.79 Å². The molecule has 0 spiro atoms. The van der Waals surface area contributed by atoms with Gasteiger partial charge in [-0.05, 0) is 47.7 Å².